The van der Waals surface area contributed by atoms with Crippen LogP contribution in [0.1, 0.15) is 12.5 Å². The molecule has 3 heterocycles. The lowest BCUT2D eigenvalue weighted by Crippen LogP contribution is -2.43. The Morgan fingerprint density at radius 2 is 1.76 bits per heavy atom. The quantitative estimate of drug-likeness (QED) is 0.449. The molecule has 0 N–H and O–H groups in total. The first-order valence-electron chi connectivity index (χ1n) is 11.2. The summed E-state index contributed by atoms with van der Waals surface area (Å²) >= 11 is 0. The molecular formula is C25H27N5O3S. The summed E-state index contributed by atoms with van der Waals surface area (Å²) in [4.78, 5) is 14.6. The summed E-state index contributed by atoms with van der Waals surface area (Å²) in [5.74, 6) is 0.0269. The highest BCUT2D eigenvalue weighted by atomic mass is 32.2. The number of hydrogen-bond donors (Lipinski definition) is 0. The fraction of sp³-hybridized carbons (Fsp3) is 0.280. The van der Waals surface area contributed by atoms with Crippen LogP contribution in [-0.2, 0) is 24.1 Å². The number of aryl methyl sites for hydroxylation is 3. The molecule has 34 heavy (non-hydrogen) atoms. The molecule has 4 aromatic rings. The van der Waals surface area contributed by atoms with E-state index in [1.54, 1.807) is 29.4 Å². The number of aromatic nitrogens is 3. The Hall–Kier alpha value is -3.59. The Kier molecular flexibility index (Phi) is 5.24. The summed E-state index contributed by atoms with van der Waals surface area (Å²) in [5, 5.41) is 5.21. The first kappa shape index (κ1) is 22.2. The molecule has 0 saturated heterocycles. The highest BCUT2D eigenvalue weighted by Gasteiger charge is 2.31. The number of hydrogen-bond acceptors (Lipinski definition) is 5. The fourth-order valence-electron chi connectivity index (χ4n) is 4.70. The molecule has 0 amide bonds. The highest BCUT2D eigenvalue weighted by Crippen LogP contribution is 2.43. The summed E-state index contributed by atoms with van der Waals surface area (Å²) in [7, 11) is 0.178. The summed E-state index contributed by atoms with van der Waals surface area (Å²) in [6.07, 6.45) is 3.68. The largest absolute Gasteiger partial charge is 0.337 e. The van der Waals surface area contributed by atoms with Gasteiger partial charge in [0.25, 0.3) is 5.56 Å². The predicted octanol–water partition coefficient (Wildman–Crippen LogP) is 3.56. The maximum atomic E-state index is 13.0. The molecule has 0 spiro atoms. The van der Waals surface area contributed by atoms with Gasteiger partial charge in [-0.3, -0.25) is 13.8 Å². The zero-order chi connectivity index (χ0) is 24.2. The molecule has 0 atom stereocenters. The van der Waals surface area contributed by atoms with E-state index in [9.17, 15) is 13.2 Å². The van der Waals surface area contributed by atoms with Crippen molar-refractivity contribution in [2.45, 2.75) is 13.8 Å². The van der Waals surface area contributed by atoms with Crippen LogP contribution in [0.25, 0.3) is 22.0 Å². The van der Waals surface area contributed by atoms with Gasteiger partial charge >= 0.3 is 0 Å². The van der Waals surface area contributed by atoms with Gasteiger partial charge in [0, 0.05) is 43.4 Å². The van der Waals surface area contributed by atoms with Crippen molar-refractivity contribution in [2.75, 3.05) is 28.0 Å². The second kappa shape index (κ2) is 8.02. The predicted molar refractivity (Wildman–Crippen MR) is 136 cm³/mol. The zero-order valence-electron chi connectivity index (χ0n) is 19.7. The minimum Gasteiger partial charge on any atom is -0.337 e. The van der Waals surface area contributed by atoms with Gasteiger partial charge in [-0.25, -0.2) is 8.42 Å². The Morgan fingerprint density at radius 1 is 0.971 bits per heavy atom. The standard InChI is InChI=1S/C25H27N5O3S/c1-5-34(32,33)30-12-11-29(22-8-6-7-21-20(22)13-17(2)25(31)28(21)4)23-10-9-18(14-24(23)30)19-15-26-27(3)16-19/h6-10,13-16H,5,11-12H2,1-4H3. The smallest absolute Gasteiger partial charge is 0.253 e. The third-order valence-electron chi connectivity index (χ3n) is 6.52. The maximum absolute atomic E-state index is 13.0. The topological polar surface area (TPSA) is 80.4 Å². The van der Waals surface area contributed by atoms with Gasteiger partial charge in [0.2, 0.25) is 10.0 Å². The van der Waals surface area contributed by atoms with Crippen LogP contribution in [0.2, 0.25) is 0 Å². The molecule has 0 radical (unpaired) electrons. The van der Waals surface area contributed by atoms with Crippen LogP contribution < -0.4 is 14.8 Å². The molecule has 0 aliphatic carbocycles. The molecule has 2 aromatic carbocycles. The molecule has 1 aliphatic rings. The van der Waals surface area contributed by atoms with Gasteiger partial charge in [-0.15, -0.1) is 0 Å². The molecule has 0 bridgehead atoms. The number of benzene rings is 2. The van der Waals surface area contributed by atoms with Crippen molar-refractivity contribution in [3.05, 3.63) is 70.8 Å². The van der Waals surface area contributed by atoms with Crippen molar-refractivity contribution in [2.24, 2.45) is 14.1 Å². The van der Waals surface area contributed by atoms with E-state index in [1.807, 2.05) is 62.6 Å². The number of nitrogens with zero attached hydrogens (tertiary/aromatic N) is 5. The number of fused-ring (bicyclic) bond motifs is 2. The van der Waals surface area contributed by atoms with Crippen molar-refractivity contribution < 1.29 is 8.42 Å². The first-order valence-corrected chi connectivity index (χ1v) is 12.8. The molecule has 0 unspecified atom stereocenters. The van der Waals surface area contributed by atoms with Crippen LogP contribution in [0.4, 0.5) is 17.1 Å². The molecule has 9 heteroatoms. The monoisotopic (exact) mass is 477 g/mol. The minimum absolute atomic E-state index is 0.0231. The van der Waals surface area contributed by atoms with Crippen molar-refractivity contribution in [3.63, 3.8) is 0 Å². The number of rotatable bonds is 4. The van der Waals surface area contributed by atoms with Gasteiger partial charge in [-0.05, 0) is 49.7 Å². The van der Waals surface area contributed by atoms with Crippen LogP contribution in [0.3, 0.4) is 0 Å². The molecule has 176 valence electrons. The fourth-order valence-corrected chi connectivity index (χ4v) is 5.81. The van der Waals surface area contributed by atoms with Crippen molar-refractivity contribution in [1.29, 1.82) is 0 Å². The Bertz CT molecular complexity index is 1590. The zero-order valence-corrected chi connectivity index (χ0v) is 20.5. The average molecular weight is 478 g/mol. The van der Waals surface area contributed by atoms with Crippen LogP contribution in [-0.4, -0.2) is 41.6 Å². The lowest BCUT2D eigenvalue weighted by atomic mass is 10.0. The summed E-state index contributed by atoms with van der Waals surface area (Å²) in [6.45, 7) is 4.32. The maximum Gasteiger partial charge on any atom is 0.253 e. The van der Waals surface area contributed by atoms with Gasteiger partial charge in [0.15, 0.2) is 0 Å². The van der Waals surface area contributed by atoms with Crippen LogP contribution in [0, 0.1) is 6.92 Å². The Balaban J connectivity index is 1.73. The lowest BCUT2D eigenvalue weighted by molar-refractivity contribution is 0.591. The highest BCUT2D eigenvalue weighted by molar-refractivity contribution is 7.92. The number of anilines is 3. The van der Waals surface area contributed by atoms with E-state index in [1.165, 1.54) is 4.31 Å². The second-order valence-corrected chi connectivity index (χ2v) is 10.8. The Morgan fingerprint density at radius 3 is 2.47 bits per heavy atom. The van der Waals surface area contributed by atoms with Gasteiger partial charge in [0.1, 0.15) is 0 Å². The second-order valence-electron chi connectivity index (χ2n) is 8.63. The first-order chi connectivity index (χ1) is 16.2. The lowest BCUT2D eigenvalue weighted by Gasteiger charge is -2.38. The van der Waals surface area contributed by atoms with E-state index in [4.69, 9.17) is 0 Å². The van der Waals surface area contributed by atoms with Crippen LogP contribution >= 0.6 is 0 Å². The van der Waals surface area contributed by atoms with E-state index in [0.29, 0.717) is 24.3 Å². The van der Waals surface area contributed by atoms with Crippen molar-refractivity contribution in [3.8, 4) is 11.1 Å². The Labute approximate surface area is 198 Å². The van der Waals surface area contributed by atoms with Crippen molar-refractivity contribution in [1.82, 2.24) is 14.3 Å². The molecule has 5 rings (SSSR count). The van der Waals surface area contributed by atoms with E-state index in [0.717, 1.165) is 33.4 Å². The molecule has 8 nitrogen and oxygen atoms in total. The summed E-state index contributed by atoms with van der Waals surface area (Å²) in [6, 6.07) is 13.7. The van der Waals surface area contributed by atoms with Crippen molar-refractivity contribution >= 4 is 38.0 Å². The molecule has 2 aromatic heterocycles. The van der Waals surface area contributed by atoms with Crippen LogP contribution in [0.5, 0.6) is 0 Å². The number of pyridine rings is 1. The third-order valence-corrected chi connectivity index (χ3v) is 8.30. The SMILES string of the molecule is CCS(=O)(=O)N1CCN(c2cccc3c2cc(C)c(=O)n3C)c2ccc(-c3cnn(C)c3)cc21. The van der Waals surface area contributed by atoms with Gasteiger partial charge in [-0.1, -0.05) is 12.1 Å². The molecule has 0 fully saturated rings. The van der Waals surface area contributed by atoms with Gasteiger partial charge < -0.3 is 9.47 Å². The van der Waals surface area contributed by atoms with Gasteiger partial charge in [-0.2, -0.15) is 5.10 Å². The van der Waals surface area contributed by atoms with Crippen LogP contribution in [0.15, 0.2) is 59.7 Å². The minimum atomic E-state index is -3.46. The summed E-state index contributed by atoms with van der Waals surface area (Å²) < 4.78 is 30.9. The van der Waals surface area contributed by atoms with Gasteiger partial charge in [0.05, 0.1) is 41.1 Å². The average Bonchev–Trinajstić information content (AvgIpc) is 3.27. The molecule has 0 saturated carbocycles. The molecular weight excluding hydrogens is 450 g/mol. The van der Waals surface area contributed by atoms with E-state index in [-0.39, 0.29) is 11.3 Å². The van der Waals surface area contributed by atoms with E-state index in [2.05, 4.69) is 10.00 Å². The summed E-state index contributed by atoms with van der Waals surface area (Å²) in [5.41, 5.74) is 5.72. The van der Waals surface area contributed by atoms with E-state index < -0.39 is 10.0 Å². The van der Waals surface area contributed by atoms with E-state index >= 15 is 0 Å². The molecule has 1 aliphatic heterocycles. The number of sulfonamides is 1. The third kappa shape index (κ3) is 3.47. The normalized spacial score (nSPS) is 14.0.